The molecule has 0 unspecified atom stereocenters. The van der Waals surface area contributed by atoms with Crippen LogP contribution in [0.4, 0.5) is 11.4 Å². The fraction of sp³-hybridized carbons (Fsp3) is 0.571. The van der Waals surface area contributed by atoms with Crippen molar-refractivity contribution in [2.24, 2.45) is 5.92 Å². The Hall–Kier alpha value is -1.27. The summed E-state index contributed by atoms with van der Waals surface area (Å²) in [5.74, 6) is 0.599. The van der Waals surface area contributed by atoms with Gasteiger partial charge in [0.2, 0.25) is 0 Å². The van der Waals surface area contributed by atoms with Gasteiger partial charge in [0, 0.05) is 18.8 Å². The van der Waals surface area contributed by atoms with Gasteiger partial charge in [-0.15, -0.1) is 0 Å². The van der Waals surface area contributed by atoms with E-state index >= 15 is 0 Å². The normalized spacial score (nSPS) is 18.1. The molecule has 1 fully saturated rings. The molecular formula is C14H23N3O2S. The maximum atomic E-state index is 12.4. The molecule has 112 valence electrons. The van der Waals surface area contributed by atoms with E-state index in [1.165, 1.54) is 4.31 Å². The van der Waals surface area contributed by atoms with E-state index in [0.717, 1.165) is 24.0 Å². The number of rotatable bonds is 3. The van der Waals surface area contributed by atoms with Crippen molar-refractivity contribution in [2.75, 3.05) is 23.5 Å². The molecule has 20 heavy (non-hydrogen) atoms. The minimum atomic E-state index is -3.48. The number of hydrogen-bond acceptors (Lipinski definition) is 3. The molecule has 1 heterocycles. The summed E-state index contributed by atoms with van der Waals surface area (Å²) in [6.07, 6.45) is 1.83. The second-order valence-corrected chi connectivity index (χ2v) is 7.39. The first kappa shape index (κ1) is 15.1. The van der Waals surface area contributed by atoms with Gasteiger partial charge < -0.3 is 5.73 Å². The Morgan fingerprint density at radius 2 is 1.70 bits per heavy atom. The Morgan fingerprint density at radius 3 is 2.20 bits per heavy atom. The maximum Gasteiger partial charge on any atom is 0.301 e. The van der Waals surface area contributed by atoms with Gasteiger partial charge in [-0.3, -0.25) is 4.72 Å². The summed E-state index contributed by atoms with van der Waals surface area (Å²) in [7, 11) is -3.48. The number of nitrogens with two attached hydrogens (primary N) is 1. The van der Waals surface area contributed by atoms with Gasteiger partial charge in [-0.2, -0.15) is 12.7 Å². The van der Waals surface area contributed by atoms with Crippen molar-refractivity contribution in [3.05, 3.63) is 23.3 Å². The van der Waals surface area contributed by atoms with E-state index < -0.39 is 10.2 Å². The molecule has 5 nitrogen and oxygen atoms in total. The van der Waals surface area contributed by atoms with Gasteiger partial charge >= 0.3 is 10.2 Å². The average Bonchev–Trinajstić information content (AvgIpc) is 2.34. The highest BCUT2D eigenvalue weighted by Gasteiger charge is 2.27. The molecule has 0 bridgehead atoms. The third kappa shape index (κ3) is 3.24. The summed E-state index contributed by atoms with van der Waals surface area (Å²) in [4.78, 5) is 0. The second kappa shape index (κ2) is 5.61. The second-order valence-electron chi connectivity index (χ2n) is 5.72. The SMILES string of the molecule is Cc1cc(N)cc(C)c1NS(=O)(=O)N1CCC(C)CC1. The fourth-order valence-corrected chi connectivity index (χ4v) is 3.98. The Morgan fingerprint density at radius 1 is 1.20 bits per heavy atom. The predicted molar refractivity (Wildman–Crippen MR) is 82.8 cm³/mol. The van der Waals surface area contributed by atoms with Gasteiger partial charge in [-0.05, 0) is 55.9 Å². The molecule has 0 amide bonds. The van der Waals surface area contributed by atoms with Crippen LogP contribution in [0.15, 0.2) is 12.1 Å². The lowest BCUT2D eigenvalue weighted by Gasteiger charge is -2.30. The van der Waals surface area contributed by atoms with E-state index in [-0.39, 0.29) is 0 Å². The molecule has 0 radical (unpaired) electrons. The number of piperidine rings is 1. The van der Waals surface area contributed by atoms with Crippen molar-refractivity contribution in [1.82, 2.24) is 4.31 Å². The third-order valence-electron chi connectivity index (χ3n) is 3.87. The first-order valence-corrected chi connectivity index (χ1v) is 8.38. The van der Waals surface area contributed by atoms with Crippen LogP contribution in [-0.2, 0) is 10.2 Å². The van der Waals surface area contributed by atoms with Gasteiger partial charge in [-0.1, -0.05) is 6.92 Å². The zero-order chi connectivity index (χ0) is 14.9. The Kier molecular flexibility index (Phi) is 4.25. The number of aryl methyl sites for hydroxylation is 2. The van der Waals surface area contributed by atoms with Crippen molar-refractivity contribution in [2.45, 2.75) is 33.6 Å². The maximum absolute atomic E-state index is 12.4. The van der Waals surface area contributed by atoms with Gasteiger partial charge in [0.25, 0.3) is 0 Å². The molecule has 0 saturated carbocycles. The zero-order valence-electron chi connectivity index (χ0n) is 12.3. The lowest BCUT2D eigenvalue weighted by molar-refractivity contribution is 0.289. The van der Waals surface area contributed by atoms with Gasteiger partial charge in [0.1, 0.15) is 0 Å². The van der Waals surface area contributed by atoms with Crippen molar-refractivity contribution in [1.29, 1.82) is 0 Å². The number of nitrogens with zero attached hydrogens (tertiary/aromatic N) is 1. The highest BCUT2D eigenvalue weighted by atomic mass is 32.2. The molecule has 6 heteroatoms. The Labute approximate surface area is 121 Å². The van der Waals surface area contributed by atoms with Crippen molar-refractivity contribution in [3.63, 3.8) is 0 Å². The van der Waals surface area contributed by atoms with Crippen LogP contribution in [0.25, 0.3) is 0 Å². The quantitative estimate of drug-likeness (QED) is 0.840. The lowest BCUT2D eigenvalue weighted by atomic mass is 10.0. The minimum Gasteiger partial charge on any atom is -0.399 e. The van der Waals surface area contributed by atoms with Crippen LogP contribution in [0.3, 0.4) is 0 Å². The van der Waals surface area contributed by atoms with Crippen LogP contribution in [0.2, 0.25) is 0 Å². The molecular weight excluding hydrogens is 274 g/mol. The largest absolute Gasteiger partial charge is 0.399 e. The number of nitrogens with one attached hydrogen (secondary N) is 1. The van der Waals surface area contributed by atoms with E-state index in [0.29, 0.717) is 30.4 Å². The van der Waals surface area contributed by atoms with Crippen molar-refractivity contribution < 1.29 is 8.42 Å². The standard InChI is InChI=1S/C14H23N3O2S/c1-10-4-6-17(7-5-10)20(18,19)16-14-11(2)8-13(15)9-12(14)3/h8-10,16H,4-7,15H2,1-3H3. The molecule has 0 spiro atoms. The summed E-state index contributed by atoms with van der Waals surface area (Å²) in [6.45, 7) is 7.05. The van der Waals surface area contributed by atoms with Crippen LogP contribution >= 0.6 is 0 Å². The third-order valence-corrected chi connectivity index (χ3v) is 5.38. The number of hydrogen-bond donors (Lipinski definition) is 2. The Bertz CT molecular complexity index is 567. The van der Waals surface area contributed by atoms with Crippen LogP contribution < -0.4 is 10.5 Å². The predicted octanol–water partition coefficient (Wildman–Crippen LogP) is 2.27. The van der Waals surface area contributed by atoms with Crippen molar-refractivity contribution in [3.8, 4) is 0 Å². The summed E-state index contributed by atoms with van der Waals surface area (Å²) in [5, 5.41) is 0. The van der Waals surface area contributed by atoms with Gasteiger partial charge in [0.15, 0.2) is 0 Å². The van der Waals surface area contributed by atoms with E-state index in [4.69, 9.17) is 5.73 Å². The van der Waals surface area contributed by atoms with Crippen LogP contribution in [0.1, 0.15) is 30.9 Å². The van der Waals surface area contributed by atoms with Crippen LogP contribution in [0.5, 0.6) is 0 Å². The molecule has 0 aromatic heterocycles. The lowest BCUT2D eigenvalue weighted by Crippen LogP contribution is -2.41. The van der Waals surface area contributed by atoms with Crippen LogP contribution in [0, 0.1) is 19.8 Å². The molecule has 3 N–H and O–H groups in total. The number of nitrogen functional groups attached to an aromatic ring is 1. The molecule has 0 atom stereocenters. The average molecular weight is 297 g/mol. The summed E-state index contributed by atoms with van der Waals surface area (Å²) in [6, 6.07) is 3.56. The monoisotopic (exact) mass is 297 g/mol. The van der Waals surface area contributed by atoms with E-state index in [2.05, 4.69) is 11.6 Å². The zero-order valence-corrected chi connectivity index (χ0v) is 13.1. The molecule has 2 rings (SSSR count). The van der Waals surface area contributed by atoms with E-state index in [9.17, 15) is 8.42 Å². The number of benzene rings is 1. The minimum absolute atomic E-state index is 0.587. The topological polar surface area (TPSA) is 75.4 Å². The molecule has 1 saturated heterocycles. The molecule has 0 aliphatic carbocycles. The highest BCUT2D eigenvalue weighted by Crippen LogP contribution is 2.26. The first-order chi connectivity index (χ1) is 9.29. The molecule has 1 aliphatic heterocycles. The first-order valence-electron chi connectivity index (χ1n) is 6.94. The molecule has 1 aromatic carbocycles. The van der Waals surface area contributed by atoms with Gasteiger partial charge in [-0.25, -0.2) is 0 Å². The Balaban J connectivity index is 2.21. The van der Waals surface area contributed by atoms with E-state index in [1.807, 2.05) is 13.8 Å². The summed E-state index contributed by atoms with van der Waals surface area (Å²) in [5.41, 5.74) is 8.74. The van der Waals surface area contributed by atoms with Crippen molar-refractivity contribution >= 4 is 21.6 Å². The fourth-order valence-electron chi connectivity index (χ4n) is 2.58. The smallest absolute Gasteiger partial charge is 0.301 e. The van der Waals surface area contributed by atoms with E-state index in [1.54, 1.807) is 12.1 Å². The van der Waals surface area contributed by atoms with Gasteiger partial charge in [0.05, 0.1) is 5.69 Å². The summed E-state index contributed by atoms with van der Waals surface area (Å²) >= 11 is 0. The highest BCUT2D eigenvalue weighted by molar-refractivity contribution is 7.90. The number of anilines is 2. The summed E-state index contributed by atoms with van der Waals surface area (Å²) < 4.78 is 29.1. The molecule has 1 aromatic rings. The molecule has 1 aliphatic rings. The van der Waals surface area contributed by atoms with Crippen LogP contribution in [-0.4, -0.2) is 25.8 Å².